The van der Waals surface area contributed by atoms with E-state index >= 15 is 0 Å². The van der Waals surface area contributed by atoms with E-state index in [1.54, 1.807) is 13.0 Å². The molecule has 0 spiro atoms. The van der Waals surface area contributed by atoms with Crippen LogP contribution in [-0.4, -0.2) is 36.4 Å². The highest BCUT2D eigenvalue weighted by molar-refractivity contribution is 9.11. The van der Waals surface area contributed by atoms with Crippen LogP contribution in [0.2, 0.25) is 0 Å². The minimum Gasteiger partial charge on any atom is -0.506 e. The lowest BCUT2D eigenvalue weighted by molar-refractivity contribution is -0.148. The molecule has 0 saturated heterocycles. The summed E-state index contributed by atoms with van der Waals surface area (Å²) in [6.45, 7) is 1.40. The maximum absolute atomic E-state index is 12.0. The molecule has 0 aliphatic rings. The fourth-order valence-electron chi connectivity index (χ4n) is 1.81. The predicted octanol–water partition coefficient (Wildman–Crippen LogP) is 3.68. The van der Waals surface area contributed by atoms with Crippen molar-refractivity contribution >= 4 is 63.9 Å². The normalized spacial score (nSPS) is 12.9. The largest absolute Gasteiger partial charge is 0.506 e. The molecule has 130 valence electrons. The molecule has 0 aliphatic heterocycles. The molecule has 2 N–H and O–H groups in total. The van der Waals surface area contributed by atoms with Crippen molar-refractivity contribution in [3.05, 3.63) is 25.0 Å². The van der Waals surface area contributed by atoms with Crippen LogP contribution in [0.15, 0.2) is 19.5 Å². The minimum absolute atomic E-state index is 0.0257. The van der Waals surface area contributed by atoms with Gasteiger partial charge in [0.05, 0.1) is 14.9 Å². The van der Waals surface area contributed by atoms with Gasteiger partial charge in [-0.1, -0.05) is 22.9 Å². The number of esters is 1. The highest BCUT2D eigenvalue weighted by Crippen LogP contribution is 2.40. The molecule has 0 radical (unpaired) electrons. The van der Waals surface area contributed by atoms with E-state index in [1.807, 2.05) is 0 Å². The predicted molar refractivity (Wildman–Crippen MR) is 96.1 cm³/mol. The second-order valence-electron chi connectivity index (χ2n) is 4.74. The number of carbonyl (C=O) groups is 1. The molecule has 23 heavy (non-hydrogen) atoms. The van der Waals surface area contributed by atoms with E-state index in [0.29, 0.717) is 31.8 Å². The summed E-state index contributed by atoms with van der Waals surface area (Å²) in [5, 5.41) is 9.94. The molecular formula is C13H15Br3O6S. The SMILES string of the molecule is CCC(Cc1c(Br)cc(Br)c(O)c1Br)C(=O)OCCS(=O)(=O)O. The molecule has 1 rings (SSSR count). The van der Waals surface area contributed by atoms with E-state index in [9.17, 15) is 18.3 Å². The summed E-state index contributed by atoms with van der Waals surface area (Å²) < 4.78 is 36.4. The Kier molecular flexibility index (Phi) is 7.99. The summed E-state index contributed by atoms with van der Waals surface area (Å²) in [6.07, 6.45) is 0.767. The van der Waals surface area contributed by atoms with E-state index in [4.69, 9.17) is 9.29 Å². The third-order valence-corrected chi connectivity index (χ3v) is 5.95. The summed E-state index contributed by atoms with van der Waals surface area (Å²) >= 11 is 9.89. The Balaban J connectivity index is 2.85. The Morgan fingerprint density at radius 3 is 2.43 bits per heavy atom. The first-order valence-corrected chi connectivity index (χ1v) is 10.5. The van der Waals surface area contributed by atoms with Gasteiger partial charge < -0.3 is 9.84 Å². The lowest BCUT2D eigenvalue weighted by atomic mass is 9.97. The number of halogens is 3. The number of rotatable bonds is 7. The van der Waals surface area contributed by atoms with Gasteiger partial charge in [0, 0.05) is 4.47 Å². The third kappa shape index (κ3) is 6.33. The van der Waals surface area contributed by atoms with Gasteiger partial charge in [0.25, 0.3) is 10.1 Å². The molecule has 10 heteroatoms. The first kappa shape index (κ1) is 20.9. The zero-order valence-electron chi connectivity index (χ0n) is 12.1. The highest BCUT2D eigenvalue weighted by atomic mass is 79.9. The molecule has 1 aromatic rings. The van der Waals surface area contributed by atoms with Crippen LogP contribution in [0, 0.1) is 5.92 Å². The van der Waals surface area contributed by atoms with Crippen molar-refractivity contribution in [3.8, 4) is 5.75 Å². The molecule has 1 aromatic carbocycles. The molecule has 6 nitrogen and oxygen atoms in total. The Morgan fingerprint density at radius 1 is 1.30 bits per heavy atom. The topological polar surface area (TPSA) is 101 Å². The lowest BCUT2D eigenvalue weighted by Gasteiger charge is -2.17. The Bertz CT molecular complexity index is 689. The number of aromatic hydroxyl groups is 1. The first-order valence-electron chi connectivity index (χ1n) is 6.54. The second-order valence-corrected chi connectivity index (χ2v) is 8.82. The van der Waals surface area contributed by atoms with Crippen LogP contribution in [0.25, 0.3) is 0 Å². The minimum atomic E-state index is -4.17. The van der Waals surface area contributed by atoms with Gasteiger partial charge in [0.2, 0.25) is 0 Å². The smallest absolute Gasteiger partial charge is 0.309 e. The van der Waals surface area contributed by atoms with Gasteiger partial charge in [0.15, 0.2) is 0 Å². The number of phenols is 1. The quantitative estimate of drug-likeness (QED) is 0.406. The second kappa shape index (κ2) is 8.80. The van der Waals surface area contributed by atoms with Gasteiger partial charge in [-0.05, 0) is 56.3 Å². The summed E-state index contributed by atoms with van der Waals surface area (Å²) in [5.74, 6) is -1.68. The summed E-state index contributed by atoms with van der Waals surface area (Å²) in [5.41, 5.74) is 0.698. The van der Waals surface area contributed by atoms with Gasteiger partial charge in [0.1, 0.15) is 18.1 Å². The van der Waals surface area contributed by atoms with Crippen LogP contribution in [0.4, 0.5) is 0 Å². The van der Waals surface area contributed by atoms with Crippen molar-refractivity contribution in [2.75, 3.05) is 12.4 Å². The maximum atomic E-state index is 12.0. The standard InChI is InChI=1S/C13H15Br3O6S/c1-2-7(13(18)22-3-4-23(19,20)21)5-8-9(14)6-10(15)12(17)11(8)16/h6-7,17H,2-5H2,1H3,(H,19,20,21). The van der Waals surface area contributed by atoms with Crippen LogP contribution in [0.1, 0.15) is 18.9 Å². The maximum Gasteiger partial charge on any atom is 0.309 e. The molecule has 0 saturated carbocycles. The molecule has 0 amide bonds. The summed E-state index contributed by atoms with van der Waals surface area (Å²) in [4.78, 5) is 12.0. The number of benzene rings is 1. The molecule has 0 aliphatic carbocycles. The van der Waals surface area contributed by atoms with Crippen molar-refractivity contribution < 1.29 is 27.6 Å². The van der Waals surface area contributed by atoms with E-state index in [1.165, 1.54) is 0 Å². The molecular weight excluding hydrogens is 524 g/mol. The number of carbonyl (C=O) groups excluding carboxylic acids is 1. The van der Waals surface area contributed by atoms with E-state index in [0.717, 1.165) is 0 Å². The number of phenolic OH excluding ortho intramolecular Hbond substituents is 1. The summed E-state index contributed by atoms with van der Waals surface area (Å²) in [6, 6.07) is 1.67. The van der Waals surface area contributed by atoms with Gasteiger partial charge in [-0.2, -0.15) is 8.42 Å². The molecule has 1 atom stereocenters. The Hall–Kier alpha value is -0.160. The van der Waals surface area contributed by atoms with Crippen LogP contribution in [-0.2, 0) is 26.1 Å². The molecule has 0 fully saturated rings. The van der Waals surface area contributed by atoms with Crippen LogP contribution in [0.3, 0.4) is 0 Å². The third-order valence-electron chi connectivity index (χ3n) is 3.10. The van der Waals surface area contributed by atoms with E-state index in [-0.39, 0.29) is 5.75 Å². The van der Waals surface area contributed by atoms with Crippen LogP contribution < -0.4 is 0 Å². The Labute approximate surface area is 159 Å². The van der Waals surface area contributed by atoms with Crippen LogP contribution in [0.5, 0.6) is 5.75 Å². The van der Waals surface area contributed by atoms with Crippen LogP contribution >= 0.6 is 47.8 Å². The average molecular weight is 539 g/mol. The van der Waals surface area contributed by atoms with Crippen molar-refractivity contribution in [2.24, 2.45) is 5.92 Å². The van der Waals surface area contributed by atoms with Gasteiger partial charge in [-0.25, -0.2) is 0 Å². The summed E-state index contributed by atoms with van der Waals surface area (Å²) in [7, 11) is -4.17. The zero-order valence-corrected chi connectivity index (χ0v) is 17.6. The van der Waals surface area contributed by atoms with Gasteiger partial charge in [-0.3, -0.25) is 9.35 Å². The van der Waals surface area contributed by atoms with E-state index in [2.05, 4.69) is 47.8 Å². The molecule has 0 bridgehead atoms. The number of ether oxygens (including phenoxy) is 1. The molecule has 0 heterocycles. The fourth-order valence-corrected chi connectivity index (χ4v) is 4.55. The van der Waals surface area contributed by atoms with Gasteiger partial charge >= 0.3 is 5.97 Å². The molecule has 0 aromatic heterocycles. The van der Waals surface area contributed by atoms with Gasteiger partial charge in [-0.15, -0.1) is 0 Å². The van der Waals surface area contributed by atoms with Crippen molar-refractivity contribution in [2.45, 2.75) is 19.8 Å². The van der Waals surface area contributed by atoms with E-state index < -0.39 is 34.4 Å². The highest BCUT2D eigenvalue weighted by Gasteiger charge is 2.23. The monoisotopic (exact) mass is 536 g/mol. The number of hydrogen-bond acceptors (Lipinski definition) is 5. The number of hydrogen-bond donors (Lipinski definition) is 2. The van der Waals surface area contributed by atoms with Crippen molar-refractivity contribution in [1.82, 2.24) is 0 Å². The fraction of sp³-hybridized carbons (Fsp3) is 0.462. The lowest BCUT2D eigenvalue weighted by Crippen LogP contribution is -2.22. The zero-order chi connectivity index (χ0) is 17.8. The first-order chi connectivity index (χ1) is 10.6. The molecule has 1 unspecified atom stereocenters. The Morgan fingerprint density at radius 2 is 1.91 bits per heavy atom. The average Bonchev–Trinajstić information content (AvgIpc) is 2.43. The van der Waals surface area contributed by atoms with Crippen molar-refractivity contribution in [1.29, 1.82) is 0 Å². The van der Waals surface area contributed by atoms with Crippen molar-refractivity contribution in [3.63, 3.8) is 0 Å².